The molecule has 0 bridgehead atoms. The van der Waals surface area contributed by atoms with E-state index in [2.05, 4.69) is 173 Å². The van der Waals surface area contributed by atoms with E-state index in [-0.39, 0.29) is 0 Å². The van der Waals surface area contributed by atoms with Gasteiger partial charge < -0.3 is 13.6 Å². The minimum absolute atomic E-state index is 0.383. The highest BCUT2D eigenvalue weighted by atomic mass is 16.3. The molecule has 17 rings (SSSR count). The normalized spacial score (nSPS) is 13.0. The van der Waals surface area contributed by atoms with E-state index in [9.17, 15) is 5.26 Å². The minimum Gasteiger partial charge on any atom is -0.454 e. The van der Waals surface area contributed by atoms with Crippen LogP contribution in [-0.2, 0) is 5.41 Å². The van der Waals surface area contributed by atoms with Crippen molar-refractivity contribution in [3.63, 3.8) is 0 Å². The van der Waals surface area contributed by atoms with E-state index in [0.29, 0.717) is 39.8 Å². The maximum atomic E-state index is 11.8. The van der Waals surface area contributed by atoms with Gasteiger partial charge in [-0.25, -0.2) is 15.0 Å². The van der Waals surface area contributed by atoms with Crippen LogP contribution < -0.4 is 0 Å². The van der Waals surface area contributed by atoms with Crippen LogP contribution in [-0.4, -0.2) is 24.1 Å². The van der Waals surface area contributed by atoms with E-state index in [0.717, 1.165) is 77.2 Å². The van der Waals surface area contributed by atoms with Gasteiger partial charge in [-0.05, 0) is 75.3 Å². The zero-order valence-corrected chi connectivity index (χ0v) is 41.7. The quantitative estimate of drug-likeness (QED) is 0.171. The molecule has 2 aliphatic carbocycles. The molecule has 1 spiro atoms. The number of furan rings is 1. The summed E-state index contributed by atoms with van der Waals surface area (Å²) in [7, 11) is 0. The van der Waals surface area contributed by atoms with Crippen molar-refractivity contribution < 1.29 is 4.42 Å². The minimum atomic E-state index is -0.708. The fourth-order valence-electron chi connectivity index (χ4n) is 13.7. The molecule has 0 fully saturated rings. The van der Waals surface area contributed by atoms with Crippen molar-refractivity contribution in [2.45, 2.75) is 5.41 Å². The highest BCUT2D eigenvalue weighted by molar-refractivity contribution is 6.33. The van der Waals surface area contributed by atoms with E-state index in [1.165, 1.54) is 44.2 Å². The molecule has 78 heavy (non-hydrogen) atoms. The first-order valence-corrected chi connectivity index (χ1v) is 26.3. The summed E-state index contributed by atoms with van der Waals surface area (Å²) in [6.45, 7) is 0. The van der Waals surface area contributed by atoms with Gasteiger partial charge in [0.2, 0.25) is 0 Å². The summed E-state index contributed by atoms with van der Waals surface area (Å²) in [4.78, 5) is 15.6. The third-order valence-corrected chi connectivity index (χ3v) is 16.6. The number of hydrogen-bond acceptors (Lipinski definition) is 5. The van der Waals surface area contributed by atoms with Crippen molar-refractivity contribution >= 4 is 65.6 Å². The van der Waals surface area contributed by atoms with E-state index in [1.54, 1.807) is 0 Å². The second-order valence-corrected chi connectivity index (χ2v) is 20.4. The topological polar surface area (TPSA) is 85.5 Å². The van der Waals surface area contributed by atoms with Gasteiger partial charge in [0.1, 0.15) is 5.58 Å². The number of nitrogens with zero attached hydrogens (tertiary/aromatic N) is 6. The SMILES string of the molecule is N#Cc1cc(-n2c3ccccc3c3c2c2c(c4c5ccccc5n(-c5ccccc5)c43)C3(c4ccccc4-c4ccccc43)c3ccccc3-2)c2oc3ccccc3c2c1-c1nc(-c2ccccc2)nc(-c2ccccc2)n1. The van der Waals surface area contributed by atoms with Crippen molar-refractivity contribution in [3.05, 3.63) is 270 Å². The molecule has 4 heterocycles. The van der Waals surface area contributed by atoms with Crippen LogP contribution in [0.15, 0.2) is 247 Å². The molecule has 360 valence electrons. The molecule has 0 saturated heterocycles. The van der Waals surface area contributed by atoms with Gasteiger partial charge in [0.05, 0.1) is 44.8 Å². The predicted molar refractivity (Wildman–Crippen MR) is 313 cm³/mol. The van der Waals surface area contributed by atoms with Gasteiger partial charge in [-0.3, -0.25) is 0 Å². The van der Waals surface area contributed by atoms with Crippen molar-refractivity contribution in [2.24, 2.45) is 0 Å². The molecule has 0 saturated carbocycles. The summed E-state index contributed by atoms with van der Waals surface area (Å²) in [5, 5.41) is 18.0. The maximum Gasteiger partial charge on any atom is 0.166 e. The first kappa shape index (κ1) is 42.7. The molecule has 0 atom stereocenters. The standard InChI is InChI=1S/C71H40N6O/c72-41-44-40-57(67-60(51-33-15-21-39-58(51)78-67)59(44)70-74-68(42-22-4-1-5-23-42)73-69(75-70)43-24-6-2-7-25-43)77-56-38-20-14-32-50(56)63-65-62(49-31-13-19-37-55(49)76(65)45-26-8-3-9-27-45)64-61(66(63)77)48-30-12-18-36-54(48)71(64)52-34-16-10-28-46(52)47-29-11-17-35-53(47)71/h1-40H. The number of fused-ring (bicyclic) bond motifs is 22. The molecule has 7 heteroatoms. The number of benzene rings is 11. The van der Waals surface area contributed by atoms with Crippen LogP contribution in [0.25, 0.3) is 133 Å². The first-order chi connectivity index (χ1) is 38.7. The molecule has 0 unspecified atom stereocenters. The molecule has 15 aromatic rings. The largest absolute Gasteiger partial charge is 0.454 e. The Hall–Kier alpha value is -10.7. The monoisotopic (exact) mass is 992 g/mol. The molecule has 2 aliphatic rings. The Morgan fingerprint density at radius 3 is 1.53 bits per heavy atom. The maximum absolute atomic E-state index is 11.8. The molecule has 0 aliphatic heterocycles. The number of aromatic nitrogens is 5. The van der Waals surface area contributed by atoms with E-state index < -0.39 is 5.41 Å². The summed E-state index contributed by atoms with van der Waals surface area (Å²) in [5.74, 6) is 1.40. The fourth-order valence-corrected chi connectivity index (χ4v) is 13.7. The lowest BCUT2D eigenvalue weighted by Gasteiger charge is -2.31. The zero-order chi connectivity index (χ0) is 51.2. The molecule has 11 aromatic carbocycles. The number of nitriles is 1. The third kappa shape index (κ3) is 5.52. The second-order valence-electron chi connectivity index (χ2n) is 20.4. The van der Waals surface area contributed by atoms with Crippen molar-refractivity contribution in [3.8, 4) is 73.9 Å². The Morgan fingerprint density at radius 1 is 0.410 bits per heavy atom. The van der Waals surface area contributed by atoms with Gasteiger partial charge >= 0.3 is 0 Å². The van der Waals surface area contributed by atoms with Crippen molar-refractivity contribution in [2.75, 3.05) is 0 Å². The number of rotatable bonds is 5. The average molecular weight is 993 g/mol. The first-order valence-electron chi connectivity index (χ1n) is 26.3. The summed E-state index contributed by atoms with van der Waals surface area (Å²) < 4.78 is 12.2. The highest BCUT2D eigenvalue weighted by Gasteiger charge is 2.54. The van der Waals surface area contributed by atoms with Crippen LogP contribution >= 0.6 is 0 Å². The van der Waals surface area contributed by atoms with Crippen LogP contribution in [0.1, 0.15) is 27.8 Å². The highest BCUT2D eigenvalue weighted by Crippen LogP contribution is 2.67. The molecule has 0 N–H and O–H groups in total. The summed E-state index contributed by atoms with van der Waals surface area (Å²) in [5.41, 5.74) is 19.1. The van der Waals surface area contributed by atoms with Gasteiger partial charge in [-0.1, -0.05) is 206 Å². The Kier molecular flexibility index (Phi) is 8.71. The summed E-state index contributed by atoms with van der Waals surface area (Å²) in [6.07, 6.45) is 0. The predicted octanol–water partition coefficient (Wildman–Crippen LogP) is 17.2. The lowest BCUT2D eigenvalue weighted by molar-refractivity contribution is 0.666. The molecular weight excluding hydrogens is 953 g/mol. The van der Waals surface area contributed by atoms with Crippen molar-refractivity contribution in [1.82, 2.24) is 24.1 Å². The molecule has 0 amide bonds. The molecule has 4 aromatic heterocycles. The third-order valence-electron chi connectivity index (χ3n) is 16.6. The van der Waals surface area contributed by atoms with Gasteiger partial charge in [0, 0.05) is 60.3 Å². The molecule has 7 nitrogen and oxygen atoms in total. The Labute approximate surface area is 446 Å². The van der Waals surface area contributed by atoms with Gasteiger partial charge in [0.15, 0.2) is 23.1 Å². The van der Waals surface area contributed by atoms with Crippen LogP contribution in [0.4, 0.5) is 0 Å². The van der Waals surface area contributed by atoms with Crippen LogP contribution in [0.2, 0.25) is 0 Å². The summed E-state index contributed by atoms with van der Waals surface area (Å²) >= 11 is 0. The molecular formula is C71H40N6O. The average Bonchev–Trinajstić information content (AvgIpc) is 4.46. The lowest BCUT2D eigenvalue weighted by Crippen LogP contribution is -2.26. The smallest absolute Gasteiger partial charge is 0.166 e. The van der Waals surface area contributed by atoms with Gasteiger partial charge in [-0.2, -0.15) is 5.26 Å². The van der Waals surface area contributed by atoms with Crippen LogP contribution in [0.5, 0.6) is 0 Å². The van der Waals surface area contributed by atoms with E-state index >= 15 is 0 Å². The zero-order valence-electron chi connectivity index (χ0n) is 41.7. The number of hydrogen-bond donors (Lipinski definition) is 0. The Bertz CT molecular complexity index is 5000. The fraction of sp³-hybridized carbons (Fsp3) is 0.0141. The van der Waals surface area contributed by atoms with Gasteiger partial charge in [0.25, 0.3) is 0 Å². The van der Waals surface area contributed by atoms with Crippen LogP contribution in [0.3, 0.4) is 0 Å². The number of para-hydroxylation sites is 4. The van der Waals surface area contributed by atoms with Crippen molar-refractivity contribution in [1.29, 1.82) is 5.26 Å². The van der Waals surface area contributed by atoms with Crippen LogP contribution in [0, 0.1) is 11.3 Å². The van der Waals surface area contributed by atoms with E-state index in [4.69, 9.17) is 19.4 Å². The lowest BCUT2D eigenvalue weighted by atomic mass is 9.69. The second kappa shape index (κ2) is 15.9. The molecule has 0 radical (unpaired) electrons. The van der Waals surface area contributed by atoms with Gasteiger partial charge in [-0.15, -0.1) is 0 Å². The van der Waals surface area contributed by atoms with E-state index in [1.807, 2.05) is 84.9 Å². The Morgan fingerprint density at radius 2 is 0.897 bits per heavy atom. The Balaban J connectivity index is 1.10. The summed E-state index contributed by atoms with van der Waals surface area (Å²) in [6, 6.07) is 88.4.